The molecule has 6 nitrogen and oxygen atoms in total. The highest BCUT2D eigenvalue weighted by atomic mass is 32.1. The van der Waals surface area contributed by atoms with Crippen molar-refractivity contribution < 1.29 is 0 Å². The molecule has 0 saturated carbocycles. The molecule has 1 saturated heterocycles. The van der Waals surface area contributed by atoms with Crippen molar-refractivity contribution in [3.63, 3.8) is 0 Å². The number of rotatable bonds is 3. The maximum absolute atomic E-state index is 4.58. The Bertz CT molecular complexity index is 833. The van der Waals surface area contributed by atoms with Crippen LogP contribution < -0.4 is 10.2 Å². The molecule has 0 aromatic carbocycles. The van der Waals surface area contributed by atoms with Crippen LogP contribution in [0.1, 0.15) is 24.4 Å². The topological polar surface area (TPSA) is 66.8 Å². The van der Waals surface area contributed by atoms with Crippen LogP contribution in [0, 0.1) is 13.8 Å². The first-order valence-electron chi connectivity index (χ1n) is 8.21. The number of anilines is 2. The van der Waals surface area contributed by atoms with Crippen molar-refractivity contribution in [2.24, 2.45) is 0 Å². The van der Waals surface area contributed by atoms with Gasteiger partial charge in [0.05, 0.1) is 5.39 Å². The fourth-order valence-corrected chi connectivity index (χ4v) is 3.94. The molecule has 0 atom stereocenters. The van der Waals surface area contributed by atoms with Gasteiger partial charge in [0.2, 0.25) is 0 Å². The van der Waals surface area contributed by atoms with E-state index >= 15 is 0 Å². The van der Waals surface area contributed by atoms with Crippen LogP contribution in [0.2, 0.25) is 0 Å². The zero-order valence-corrected chi connectivity index (χ0v) is 14.7. The van der Waals surface area contributed by atoms with E-state index in [4.69, 9.17) is 0 Å². The van der Waals surface area contributed by atoms with Crippen molar-refractivity contribution in [2.45, 2.75) is 32.7 Å². The second-order valence-electron chi connectivity index (χ2n) is 6.18. The second-order valence-corrected chi connectivity index (χ2v) is 7.08. The zero-order chi connectivity index (χ0) is 16.5. The maximum atomic E-state index is 4.58. The molecule has 7 heteroatoms. The quantitative estimate of drug-likeness (QED) is 0.790. The number of hydrogen-bond acceptors (Lipinski definition) is 7. The third-order valence-electron chi connectivity index (χ3n) is 4.37. The van der Waals surface area contributed by atoms with Crippen LogP contribution in [0.25, 0.3) is 10.2 Å². The molecule has 0 bridgehead atoms. The van der Waals surface area contributed by atoms with Gasteiger partial charge in [-0.05, 0) is 38.1 Å². The number of thiophene rings is 1. The number of nitrogens with zero attached hydrogens (tertiary/aromatic N) is 5. The number of hydrogen-bond donors (Lipinski definition) is 1. The number of aryl methyl sites for hydroxylation is 2. The summed E-state index contributed by atoms with van der Waals surface area (Å²) in [6, 6.07) is 4.59. The van der Waals surface area contributed by atoms with E-state index in [9.17, 15) is 0 Å². The van der Waals surface area contributed by atoms with Crippen molar-refractivity contribution in [3.8, 4) is 0 Å². The average Bonchev–Trinajstić information content (AvgIpc) is 3.04. The molecule has 124 valence electrons. The van der Waals surface area contributed by atoms with Crippen LogP contribution in [-0.4, -0.2) is 39.1 Å². The van der Waals surface area contributed by atoms with Gasteiger partial charge in [-0.1, -0.05) is 0 Å². The molecule has 1 N–H and O–H groups in total. The Morgan fingerprint density at radius 3 is 2.79 bits per heavy atom. The molecule has 4 heterocycles. The lowest BCUT2D eigenvalue weighted by Gasteiger charge is -2.33. The smallest absolute Gasteiger partial charge is 0.138 e. The molecule has 1 fully saturated rings. The number of nitrogens with one attached hydrogen (secondary N) is 1. The molecule has 0 amide bonds. The first-order valence-corrected chi connectivity index (χ1v) is 9.09. The van der Waals surface area contributed by atoms with Crippen LogP contribution >= 0.6 is 11.3 Å². The lowest BCUT2D eigenvalue weighted by Crippen LogP contribution is -2.39. The summed E-state index contributed by atoms with van der Waals surface area (Å²) < 4.78 is 0. The summed E-state index contributed by atoms with van der Waals surface area (Å²) in [6.07, 6.45) is 3.78. The zero-order valence-electron chi connectivity index (χ0n) is 13.9. The van der Waals surface area contributed by atoms with Gasteiger partial charge in [-0.3, -0.25) is 0 Å². The molecular weight excluding hydrogens is 320 g/mol. The van der Waals surface area contributed by atoms with Crippen LogP contribution in [0.5, 0.6) is 0 Å². The van der Waals surface area contributed by atoms with E-state index in [1.54, 1.807) is 17.7 Å². The minimum atomic E-state index is 0.434. The predicted octanol–water partition coefficient (Wildman–Crippen LogP) is 3.18. The summed E-state index contributed by atoms with van der Waals surface area (Å²) in [5, 5.41) is 6.78. The van der Waals surface area contributed by atoms with Crippen LogP contribution in [0.15, 0.2) is 23.8 Å². The Kier molecular flexibility index (Phi) is 4.02. The van der Waals surface area contributed by atoms with E-state index < -0.39 is 0 Å². The van der Waals surface area contributed by atoms with Gasteiger partial charge in [0, 0.05) is 30.9 Å². The fraction of sp³-hybridized carbons (Fsp3) is 0.412. The minimum absolute atomic E-state index is 0.434. The number of piperidine rings is 1. The third-order valence-corrected chi connectivity index (χ3v) is 5.19. The summed E-state index contributed by atoms with van der Waals surface area (Å²) in [7, 11) is 0. The highest BCUT2D eigenvalue weighted by molar-refractivity contribution is 7.16. The predicted molar refractivity (Wildman–Crippen MR) is 97.8 cm³/mol. The molecule has 0 spiro atoms. The Balaban J connectivity index is 1.44. The van der Waals surface area contributed by atoms with Crippen molar-refractivity contribution in [3.05, 3.63) is 35.4 Å². The monoisotopic (exact) mass is 340 g/mol. The highest BCUT2D eigenvalue weighted by Gasteiger charge is 2.21. The summed E-state index contributed by atoms with van der Waals surface area (Å²) in [6.45, 7) is 5.95. The lowest BCUT2D eigenvalue weighted by molar-refractivity contribution is 0.522. The molecular formula is C17H20N6S. The minimum Gasteiger partial charge on any atom is -0.367 e. The molecule has 1 aliphatic heterocycles. The maximum Gasteiger partial charge on any atom is 0.138 e. The largest absolute Gasteiger partial charge is 0.367 e. The highest BCUT2D eigenvalue weighted by Crippen LogP contribution is 2.26. The normalized spacial score (nSPS) is 15.8. The van der Waals surface area contributed by atoms with Crippen molar-refractivity contribution >= 4 is 33.2 Å². The molecule has 1 aliphatic rings. The van der Waals surface area contributed by atoms with Gasteiger partial charge in [0.1, 0.15) is 28.6 Å². The van der Waals surface area contributed by atoms with Gasteiger partial charge in [-0.15, -0.1) is 11.3 Å². The SMILES string of the molecule is Cc1cc(N2CCC(Nc3ncnc4sccc34)CC2)nc(C)n1. The summed E-state index contributed by atoms with van der Waals surface area (Å²) in [4.78, 5) is 21.1. The molecule has 0 unspecified atom stereocenters. The lowest BCUT2D eigenvalue weighted by atomic mass is 10.0. The summed E-state index contributed by atoms with van der Waals surface area (Å²) >= 11 is 1.65. The van der Waals surface area contributed by atoms with Crippen LogP contribution in [0.3, 0.4) is 0 Å². The molecule has 0 aliphatic carbocycles. The molecule has 3 aromatic rings. The fourth-order valence-electron chi connectivity index (χ4n) is 3.21. The van der Waals surface area contributed by atoms with E-state index in [2.05, 4.69) is 47.7 Å². The second kappa shape index (κ2) is 6.32. The average molecular weight is 340 g/mol. The Hall–Kier alpha value is -2.28. The molecule has 0 radical (unpaired) electrons. The van der Waals surface area contributed by atoms with E-state index in [0.717, 1.165) is 59.3 Å². The first-order chi connectivity index (χ1) is 11.7. The molecule has 4 rings (SSSR count). The van der Waals surface area contributed by atoms with Crippen LogP contribution in [-0.2, 0) is 0 Å². The number of aromatic nitrogens is 4. The van der Waals surface area contributed by atoms with Crippen molar-refractivity contribution in [1.82, 2.24) is 19.9 Å². The van der Waals surface area contributed by atoms with E-state index in [1.165, 1.54) is 0 Å². The Labute approximate surface area is 145 Å². The summed E-state index contributed by atoms with van der Waals surface area (Å²) in [5.41, 5.74) is 1.03. The van der Waals surface area contributed by atoms with E-state index in [0.29, 0.717) is 6.04 Å². The number of fused-ring (bicyclic) bond motifs is 1. The standard InChI is InChI=1S/C17H20N6S/c1-11-9-15(21-12(2)20-11)23-6-3-13(4-7-23)22-16-14-5-8-24-17(14)19-10-18-16/h5,8-10,13H,3-4,6-7H2,1-2H3,(H,18,19,22). The van der Waals surface area contributed by atoms with Crippen molar-refractivity contribution in [1.29, 1.82) is 0 Å². The van der Waals surface area contributed by atoms with Gasteiger partial charge in [-0.2, -0.15) is 0 Å². The van der Waals surface area contributed by atoms with E-state index in [1.807, 2.05) is 13.8 Å². The van der Waals surface area contributed by atoms with Gasteiger partial charge in [0.15, 0.2) is 0 Å². The van der Waals surface area contributed by atoms with Gasteiger partial charge in [0.25, 0.3) is 0 Å². The molecule has 24 heavy (non-hydrogen) atoms. The van der Waals surface area contributed by atoms with Crippen molar-refractivity contribution in [2.75, 3.05) is 23.3 Å². The van der Waals surface area contributed by atoms with Crippen LogP contribution in [0.4, 0.5) is 11.6 Å². The summed E-state index contributed by atoms with van der Waals surface area (Å²) in [5.74, 6) is 2.83. The third kappa shape index (κ3) is 3.03. The Morgan fingerprint density at radius 2 is 2.00 bits per heavy atom. The first kappa shape index (κ1) is 15.3. The van der Waals surface area contributed by atoms with Gasteiger partial charge in [-0.25, -0.2) is 19.9 Å². The van der Waals surface area contributed by atoms with E-state index in [-0.39, 0.29) is 0 Å². The Morgan fingerprint density at radius 1 is 1.17 bits per heavy atom. The molecule has 3 aromatic heterocycles. The van der Waals surface area contributed by atoms with Gasteiger partial charge < -0.3 is 10.2 Å². The van der Waals surface area contributed by atoms with Gasteiger partial charge >= 0.3 is 0 Å².